The third-order valence-corrected chi connectivity index (χ3v) is 3.79. The molecule has 0 bridgehead atoms. The number of piperidine rings is 1. The first kappa shape index (κ1) is 15.8. The van der Waals surface area contributed by atoms with Crippen molar-refractivity contribution in [2.75, 3.05) is 13.1 Å². The summed E-state index contributed by atoms with van der Waals surface area (Å²) in [6.45, 7) is 6.83. The van der Waals surface area contributed by atoms with Crippen LogP contribution in [0.15, 0.2) is 12.5 Å². The molecule has 1 aliphatic rings. The molecule has 0 saturated carbocycles. The summed E-state index contributed by atoms with van der Waals surface area (Å²) in [4.78, 5) is 17.8. The molecule has 0 unspecified atom stereocenters. The summed E-state index contributed by atoms with van der Waals surface area (Å²) < 4.78 is 7.21. The van der Waals surface area contributed by atoms with Gasteiger partial charge in [0.05, 0.1) is 24.3 Å². The highest BCUT2D eigenvalue weighted by Gasteiger charge is 2.31. The van der Waals surface area contributed by atoms with Crippen LogP contribution in [-0.4, -0.2) is 44.3 Å². The van der Waals surface area contributed by atoms with Gasteiger partial charge in [-0.05, 0) is 39.5 Å². The van der Waals surface area contributed by atoms with Gasteiger partial charge in [-0.15, -0.1) is 0 Å². The van der Waals surface area contributed by atoms with Gasteiger partial charge >= 0.3 is 6.09 Å². The smallest absolute Gasteiger partial charge is 0.410 e. The lowest BCUT2D eigenvalue weighted by Gasteiger charge is -2.35. The number of aromatic nitrogens is 2. The fraction of sp³-hybridized carbons (Fsp3) is 0.733. The fourth-order valence-corrected chi connectivity index (χ4v) is 2.62. The van der Waals surface area contributed by atoms with Gasteiger partial charge in [-0.3, -0.25) is 0 Å². The molecule has 1 N–H and O–H groups in total. The second-order valence-corrected chi connectivity index (χ2v) is 6.68. The van der Waals surface area contributed by atoms with E-state index in [1.165, 1.54) is 0 Å². The van der Waals surface area contributed by atoms with Gasteiger partial charge in [0, 0.05) is 20.1 Å². The Labute approximate surface area is 125 Å². The summed E-state index contributed by atoms with van der Waals surface area (Å²) in [5.41, 5.74) is 0.355. The third kappa shape index (κ3) is 3.97. The number of aryl methyl sites for hydroxylation is 1. The molecule has 2 rings (SSSR count). The largest absolute Gasteiger partial charge is 0.444 e. The zero-order valence-corrected chi connectivity index (χ0v) is 13.2. The Morgan fingerprint density at radius 2 is 2.05 bits per heavy atom. The fourth-order valence-electron chi connectivity index (χ4n) is 2.62. The number of aliphatic hydroxyl groups excluding tert-OH is 1. The second kappa shape index (κ2) is 6.05. The summed E-state index contributed by atoms with van der Waals surface area (Å²) in [6.07, 6.45) is 4.13. The van der Waals surface area contributed by atoms with Gasteiger partial charge in [0.25, 0.3) is 0 Å². The van der Waals surface area contributed by atoms with Crippen molar-refractivity contribution in [2.24, 2.45) is 13.0 Å². The van der Waals surface area contributed by atoms with E-state index in [9.17, 15) is 9.90 Å². The van der Waals surface area contributed by atoms with E-state index in [2.05, 4.69) is 4.98 Å². The summed E-state index contributed by atoms with van der Waals surface area (Å²) in [7, 11) is 1.88. The van der Waals surface area contributed by atoms with Gasteiger partial charge in [-0.25, -0.2) is 9.78 Å². The molecule has 0 radical (unpaired) electrons. The van der Waals surface area contributed by atoms with Gasteiger partial charge < -0.3 is 19.3 Å². The monoisotopic (exact) mass is 295 g/mol. The predicted octanol–water partition coefficient (Wildman–Crippen LogP) is 2.10. The average Bonchev–Trinajstić information content (AvgIpc) is 2.82. The first-order valence-electron chi connectivity index (χ1n) is 7.40. The van der Waals surface area contributed by atoms with Crippen LogP contribution in [0.3, 0.4) is 0 Å². The molecule has 6 heteroatoms. The maximum Gasteiger partial charge on any atom is 0.410 e. The van der Waals surface area contributed by atoms with Crippen LogP contribution in [0.25, 0.3) is 0 Å². The van der Waals surface area contributed by atoms with E-state index in [1.54, 1.807) is 17.4 Å². The molecule has 0 aliphatic carbocycles. The van der Waals surface area contributed by atoms with E-state index in [4.69, 9.17) is 4.74 Å². The first-order valence-corrected chi connectivity index (χ1v) is 7.40. The lowest BCUT2D eigenvalue weighted by molar-refractivity contribution is 0.00677. The maximum absolute atomic E-state index is 12.0. The van der Waals surface area contributed by atoms with Crippen LogP contribution in [0, 0.1) is 5.92 Å². The zero-order chi connectivity index (χ0) is 15.6. The van der Waals surface area contributed by atoms with Crippen molar-refractivity contribution < 1.29 is 14.6 Å². The van der Waals surface area contributed by atoms with Gasteiger partial charge in [-0.2, -0.15) is 0 Å². The van der Waals surface area contributed by atoms with E-state index in [0.29, 0.717) is 13.1 Å². The number of aliphatic hydroxyl groups is 1. The van der Waals surface area contributed by atoms with E-state index in [1.807, 2.05) is 32.4 Å². The highest BCUT2D eigenvalue weighted by molar-refractivity contribution is 5.68. The van der Waals surface area contributed by atoms with Crippen LogP contribution in [-0.2, 0) is 11.8 Å². The van der Waals surface area contributed by atoms with Crippen LogP contribution < -0.4 is 0 Å². The lowest BCUT2D eigenvalue weighted by Crippen LogP contribution is -2.42. The Bertz CT molecular complexity index is 485. The molecular formula is C15H25N3O3. The number of hydrogen-bond acceptors (Lipinski definition) is 4. The highest BCUT2D eigenvalue weighted by atomic mass is 16.6. The molecule has 0 spiro atoms. The van der Waals surface area contributed by atoms with Gasteiger partial charge in [-0.1, -0.05) is 0 Å². The maximum atomic E-state index is 12.0. The molecule has 118 valence electrons. The quantitative estimate of drug-likeness (QED) is 0.907. The molecule has 2 heterocycles. The highest BCUT2D eigenvalue weighted by Crippen LogP contribution is 2.30. The third-order valence-electron chi connectivity index (χ3n) is 3.79. The number of imidazole rings is 1. The number of hydrogen-bond donors (Lipinski definition) is 1. The minimum absolute atomic E-state index is 0.152. The van der Waals surface area contributed by atoms with Crippen molar-refractivity contribution in [2.45, 2.75) is 45.3 Å². The summed E-state index contributed by atoms with van der Waals surface area (Å²) in [6, 6.07) is 0. The number of carbonyl (C=O) groups excluding carboxylic acids is 1. The standard InChI is InChI=1S/C15H25N3O3/c1-15(2,3)21-14(20)18-7-5-11(6-8-18)13(19)12-9-16-10-17(12)4/h9-11,13,19H,5-8H2,1-4H3/t13-/m1/s1. The Morgan fingerprint density at radius 1 is 1.43 bits per heavy atom. The van der Waals surface area contributed by atoms with Gasteiger partial charge in [0.2, 0.25) is 0 Å². The van der Waals surface area contributed by atoms with Crippen molar-refractivity contribution >= 4 is 6.09 Å². The predicted molar refractivity (Wildman–Crippen MR) is 78.7 cm³/mol. The zero-order valence-electron chi connectivity index (χ0n) is 13.2. The lowest BCUT2D eigenvalue weighted by atomic mass is 9.90. The number of carbonyl (C=O) groups is 1. The molecule has 1 fully saturated rings. The van der Waals surface area contributed by atoms with Crippen LogP contribution in [0.5, 0.6) is 0 Å². The minimum atomic E-state index is -0.529. The molecule has 1 saturated heterocycles. The molecule has 1 aromatic rings. The van der Waals surface area contributed by atoms with Crippen molar-refractivity contribution in [3.8, 4) is 0 Å². The Kier molecular flexibility index (Phi) is 4.56. The number of nitrogens with zero attached hydrogens (tertiary/aromatic N) is 3. The van der Waals surface area contributed by atoms with E-state index >= 15 is 0 Å². The molecule has 1 aliphatic heterocycles. The molecule has 0 aromatic carbocycles. The Hall–Kier alpha value is -1.56. The summed E-state index contributed by atoms with van der Waals surface area (Å²) in [5, 5.41) is 10.4. The molecule has 1 aromatic heterocycles. The van der Waals surface area contributed by atoms with Crippen molar-refractivity contribution in [3.05, 3.63) is 18.2 Å². The Balaban J connectivity index is 1.89. The van der Waals surface area contributed by atoms with E-state index < -0.39 is 11.7 Å². The molecule has 21 heavy (non-hydrogen) atoms. The van der Waals surface area contributed by atoms with Crippen LogP contribution >= 0.6 is 0 Å². The number of rotatable bonds is 2. The van der Waals surface area contributed by atoms with Gasteiger partial charge in [0.1, 0.15) is 5.60 Å². The first-order chi connectivity index (χ1) is 9.78. The Morgan fingerprint density at radius 3 is 2.52 bits per heavy atom. The van der Waals surface area contributed by atoms with Gasteiger partial charge in [0.15, 0.2) is 0 Å². The van der Waals surface area contributed by atoms with E-state index in [-0.39, 0.29) is 12.0 Å². The number of ether oxygens (including phenoxy) is 1. The number of amides is 1. The normalized spacial score (nSPS) is 18.6. The second-order valence-electron chi connectivity index (χ2n) is 6.68. The topological polar surface area (TPSA) is 67.6 Å². The molecular weight excluding hydrogens is 270 g/mol. The van der Waals surface area contributed by atoms with Crippen LogP contribution in [0.4, 0.5) is 4.79 Å². The van der Waals surface area contributed by atoms with Crippen molar-refractivity contribution in [3.63, 3.8) is 0 Å². The SMILES string of the molecule is Cn1cncc1[C@H](O)C1CCN(C(=O)OC(C)(C)C)CC1. The van der Waals surface area contributed by atoms with Crippen LogP contribution in [0.2, 0.25) is 0 Å². The van der Waals surface area contributed by atoms with Crippen LogP contribution in [0.1, 0.15) is 45.4 Å². The summed E-state index contributed by atoms with van der Waals surface area (Å²) >= 11 is 0. The minimum Gasteiger partial charge on any atom is -0.444 e. The number of likely N-dealkylation sites (tertiary alicyclic amines) is 1. The van der Waals surface area contributed by atoms with Crippen molar-refractivity contribution in [1.29, 1.82) is 0 Å². The molecule has 1 amide bonds. The van der Waals surface area contributed by atoms with E-state index in [0.717, 1.165) is 18.5 Å². The molecule has 6 nitrogen and oxygen atoms in total. The summed E-state index contributed by atoms with van der Waals surface area (Å²) in [5.74, 6) is 0.152. The van der Waals surface area contributed by atoms with Crippen molar-refractivity contribution in [1.82, 2.24) is 14.5 Å². The molecule has 1 atom stereocenters. The average molecular weight is 295 g/mol.